The van der Waals surface area contributed by atoms with Crippen molar-refractivity contribution >= 4 is 40.9 Å². The van der Waals surface area contributed by atoms with Crippen molar-refractivity contribution in [3.63, 3.8) is 0 Å². The Labute approximate surface area is 183 Å². The molecule has 152 valence electrons. The lowest BCUT2D eigenvalue weighted by molar-refractivity contribution is -0.742. The number of benzene rings is 2. The predicted molar refractivity (Wildman–Crippen MR) is 115 cm³/mol. The first-order valence-electron chi connectivity index (χ1n) is 8.52. The molecule has 0 aliphatic heterocycles. The molecule has 2 aromatic carbocycles. The van der Waals surface area contributed by atoms with Gasteiger partial charge in [-0.25, -0.2) is 4.98 Å². The molecule has 1 unspecified atom stereocenters. The highest BCUT2D eigenvalue weighted by molar-refractivity contribution is 6.35. The fraction of sp³-hybridized carbons (Fsp3) is 0.150. The number of aromatic nitrogens is 2. The summed E-state index contributed by atoms with van der Waals surface area (Å²) in [5.41, 5.74) is 2.08. The number of hydrogen-bond acceptors (Lipinski definition) is 3. The van der Waals surface area contributed by atoms with Crippen LogP contribution in [-0.4, -0.2) is 19.8 Å². The van der Waals surface area contributed by atoms with Gasteiger partial charge in [0.1, 0.15) is 0 Å². The first-order chi connectivity index (χ1) is 13.9. The van der Waals surface area contributed by atoms with Crippen molar-refractivity contribution in [3.05, 3.63) is 104 Å². The summed E-state index contributed by atoms with van der Waals surface area (Å²) in [7, 11) is 0. The zero-order chi connectivity index (χ0) is 21.2. The fourth-order valence-electron chi connectivity index (χ4n) is 2.75. The van der Waals surface area contributed by atoms with Gasteiger partial charge < -0.3 is 9.77 Å². The van der Waals surface area contributed by atoms with E-state index in [4.69, 9.17) is 50.1 Å². The average molecular weight is 455 g/mol. The molecule has 9 heteroatoms. The second kappa shape index (κ2) is 11.5. The van der Waals surface area contributed by atoms with E-state index in [0.717, 1.165) is 29.1 Å². The van der Waals surface area contributed by atoms with Crippen LogP contribution >= 0.6 is 34.8 Å². The summed E-state index contributed by atoms with van der Waals surface area (Å²) < 4.78 is 2.05. The first kappa shape index (κ1) is 22.7. The molecule has 1 aromatic heterocycles. The van der Waals surface area contributed by atoms with Crippen molar-refractivity contribution < 1.29 is 10.3 Å². The maximum absolute atomic E-state index is 8.36. The molecule has 0 spiro atoms. The van der Waals surface area contributed by atoms with Gasteiger partial charge in [0.2, 0.25) is 0 Å². The second-order valence-electron chi connectivity index (χ2n) is 6.02. The third-order valence-corrected chi connectivity index (χ3v) is 4.92. The van der Waals surface area contributed by atoms with E-state index >= 15 is 0 Å². The molecule has 0 fully saturated rings. The van der Waals surface area contributed by atoms with E-state index in [2.05, 4.69) is 15.6 Å². The van der Waals surface area contributed by atoms with Gasteiger partial charge in [-0.2, -0.15) is 0 Å². The lowest BCUT2D eigenvalue weighted by atomic mass is 9.95. The van der Waals surface area contributed by atoms with E-state index in [1.54, 1.807) is 12.3 Å². The monoisotopic (exact) mass is 453 g/mol. The Morgan fingerprint density at radius 2 is 1.90 bits per heavy atom. The molecule has 0 radical (unpaired) electrons. The van der Waals surface area contributed by atoms with Gasteiger partial charge >= 0.3 is 0 Å². The van der Waals surface area contributed by atoms with Crippen molar-refractivity contribution in [1.29, 1.82) is 0 Å². The second-order valence-corrected chi connectivity index (χ2v) is 7.27. The molecule has 1 atom stereocenters. The first-order valence-corrected chi connectivity index (χ1v) is 9.65. The van der Waals surface area contributed by atoms with E-state index in [9.17, 15) is 0 Å². The fourth-order valence-corrected chi connectivity index (χ4v) is 3.51. The maximum Gasteiger partial charge on any atom is 0.291 e. The minimum atomic E-state index is -1.50. The molecule has 0 saturated carbocycles. The Bertz CT molecular complexity index is 959. The van der Waals surface area contributed by atoms with Gasteiger partial charge in [0, 0.05) is 39.9 Å². The van der Waals surface area contributed by atoms with Crippen LogP contribution in [0.1, 0.15) is 23.5 Å². The SMILES string of the molecule is Clc1ccc(C(C/C=C/c2ccccc2Cl)Cn2ccnc2)c(Cl)c1.O=[N+]([O-])O. The van der Waals surface area contributed by atoms with Gasteiger partial charge in [-0.1, -0.05) is 71.2 Å². The van der Waals surface area contributed by atoms with Crippen LogP contribution in [-0.2, 0) is 6.54 Å². The summed E-state index contributed by atoms with van der Waals surface area (Å²) in [6.07, 6.45) is 10.6. The number of nitrogens with zero attached hydrogens (tertiary/aromatic N) is 3. The van der Waals surface area contributed by atoms with Crippen molar-refractivity contribution in [2.75, 3.05) is 0 Å². The van der Waals surface area contributed by atoms with E-state index in [0.29, 0.717) is 10.0 Å². The molecule has 0 bridgehead atoms. The van der Waals surface area contributed by atoms with Gasteiger partial charge in [-0.3, -0.25) is 0 Å². The number of hydrogen-bond donors (Lipinski definition) is 1. The molecular weight excluding hydrogens is 437 g/mol. The molecule has 3 rings (SSSR count). The van der Waals surface area contributed by atoms with Crippen LogP contribution in [0.3, 0.4) is 0 Å². The quantitative estimate of drug-likeness (QED) is 0.346. The van der Waals surface area contributed by atoms with E-state index < -0.39 is 5.09 Å². The van der Waals surface area contributed by atoms with Gasteiger partial charge in [-0.15, -0.1) is 10.1 Å². The van der Waals surface area contributed by atoms with Crippen molar-refractivity contribution in [3.8, 4) is 0 Å². The summed E-state index contributed by atoms with van der Waals surface area (Å²) in [5, 5.41) is 15.7. The zero-order valence-corrected chi connectivity index (χ0v) is 17.4. The molecule has 6 nitrogen and oxygen atoms in total. The molecule has 3 aromatic rings. The van der Waals surface area contributed by atoms with Crippen LogP contribution in [0.15, 0.2) is 67.3 Å². The Morgan fingerprint density at radius 1 is 1.17 bits per heavy atom. The molecular formula is C20H18Cl3N3O3. The minimum Gasteiger partial charge on any atom is -0.337 e. The Balaban J connectivity index is 0.000000687. The summed E-state index contributed by atoms with van der Waals surface area (Å²) in [6, 6.07) is 13.5. The summed E-state index contributed by atoms with van der Waals surface area (Å²) in [4.78, 5) is 12.5. The van der Waals surface area contributed by atoms with Gasteiger partial charge in [0.25, 0.3) is 5.09 Å². The normalized spacial score (nSPS) is 11.7. The Morgan fingerprint density at radius 3 is 2.52 bits per heavy atom. The van der Waals surface area contributed by atoms with Crippen LogP contribution in [0.5, 0.6) is 0 Å². The minimum absolute atomic E-state index is 0.206. The van der Waals surface area contributed by atoms with Gasteiger partial charge in [0.05, 0.1) is 6.33 Å². The Hall–Kier alpha value is -2.54. The number of rotatable bonds is 6. The standard InChI is InChI=1S/C20H17Cl3N2.HNO3/c21-17-8-9-18(20(23)12-17)16(13-25-11-10-24-14-25)6-3-5-15-4-1-2-7-19(15)22;2-1(3)4/h1-5,7-12,14,16H,6,13H2;(H,2,3,4)/b5-3+;. The largest absolute Gasteiger partial charge is 0.337 e. The highest BCUT2D eigenvalue weighted by Gasteiger charge is 2.15. The molecule has 0 saturated heterocycles. The molecule has 1 N–H and O–H groups in total. The zero-order valence-electron chi connectivity index (χ0n) is 15.2. The molecule has 0 aliphatic rings. The van der Waals surface area contributed by atoms with Crippen LogP contribution in [0.4, 0.5) is 0 Å². The van der Waals surface area contributed by atoms with Crippen LogP contribution in [0.2, 0.25) is 15.1 Å². The number of imidazole rings is 1. The van der Waals surface area contributed by atoms with Crippen molar-refractivity contribution in [2.45, 2.75) is 18.9 Å². The van der Waals surface area contributed by atoms with E-state index in [1.165, 1.54) is 0 Å². The van der Waals surface area contributed by atoms with Crippen molar-refractivity contribution in [2.24, 2.45) is 0 Å². The lowest BCUT2D eigenvalue weighted by Gasteiger charge is -2.18. The third kappa shape index (κ3) is 7.77. The molecule has 1 heterocycles. The van der Waals surface area contributed by atoms with Crippen molar-refractivity contribution in [1.82, 2.24) is 9.55 Å². The van der Waals surface area contributed by atoms with E-state index in [1.807, 2.05) is 55.0 Å². The summed E-state index contributed by atoms with van der Waals surface area (Å²) in [5.74, 6) is 0.206. The number of halogens is 3. The van der Waals surface area contributed by atoms with E-state index in [-0.39, 0.29) is 5.92 Å². The molecule has 0 aliphatic carbocycles. The summed E-state index contributed by atoms with van der Waals surface area (Å²) >= 11 is 18.7. The number of allylic oxidation sites excluding steroid dienone is 1. The van der Waals surface area contributed by atoms with Gasteiger partial charge in [-0.05, 0) is 35.7 Å². The van der Waals surface area contributed by atoms with Gasteiger partial charge in [0.15, 0.2) is 0 Å². The third-order valence-electron chi connectivity index (χ3n) is 4.02. The highest BCUT2D eigenvalue weighted by Crippen LogP contribution is 2.31. The predicted octanol–water partition coefficient (Wildman–Crippen LogP) is 6.38. The molecule has 29 heavy (non-hydrogen) atoms. The molecule has 0 amide bonds. The smallest absolute Gasteiger partial charge is 0.291 e. The average Bonchev–Trinajstić information content (AvgIpc) is 3.15. The maximum atomic E-state index is 8.36. The van der Waals surface area contributed by atoms with Crippen LogP contribution in [0, 0.1) is 10.1 Å². The summed E-state index contributed by atoms with van der Waals surface area (Å²) in [6.45, 7) is 0.786. The topological polar surface area (TPSA) is 81.2 Å². The highest BCUT2D eigenvalue weighted by atomic mass is 35.5. The van der Waals surface area contributed by atoms with Crippen LogP contribution < -0.4 is 0 Å². The Kier molecular flexibility index (Phi) is 8.99. The van der Waals surface area contributed by atoms with Crippen LogP contribution in [0.25, 0.3) is 6.08 Å². The lowest BCUT2D eigenvalue weighted by Crippen LogP contribution is -2.08.